The van der Waals surface area contributed by atoms with Crippen LogP contribution in [0.5, 0.6) is 0 Å². The van der Waals surface area contributed by atoms with Crippen LogP contribution in [0.25, 0.3) is 0 Å². The van der Waals surface area contributed by atoms with Gasteiger partial charge < -0.3 is 0 Å². The SMILES string of the molecule is C[C@@]12CCCCC[C@]1(C)CCCC2. The van der Waals surface area contributed by atoms with Crippen molar-refractivity contribution in [3.8, 4) is 0 Å². The van der Waals surface area contributed by atoms with Crippen molar-refractivity contribution in [2.45, 2.75) is 71.6 Å². The lowest BCUT2D eigenvalue weighted by Gasteiger charge is -2.50. The van der Waals surface area contributed by atoms with Gasteiger partial charge in [-0.05, 0) is 36.5 Å². The molecule has 2 aliphatic rings. The molecule has 2 rings (SSSR count). The van der Waals surface area contributed by atoms with E-state index in [9.17, 15) is 0 Å². The first-order valence-corrected chi connectivity index (χ1v) is 6.16. The van der Waals surface area contributed by atoms with E-state index in [1.54, 1.807) is 0 Å². The number of fused-ring (bicyclic) bond motifs is 1. The molecule has 0 aliphatic heterocycles. The van der Waals surface area contributed by atoms with Gasteiger partial charge in [0, 0.05) is 0 Å². The van der Waals surface area contributed by atoms with E-state index in [0.29, 0.717) is 10.8 Å². The Kier molecular flexibility index (Phi) is 2.42. The highest BCUT2D eigenvalue weighted by atomic mass is 14.5. The zero-order valence-electron chi connectivity index (χ0n) is 9.36. The van der Waals surface area contributed by atoms with Crippen LogP contribution in [0.3, 0.4) is 0 Å². The third-order valence-electron chi connectivity index (χ3n) is 5.12. The fraction of sp³-hybridized carbons (Fsp3) is 1.00. The van der Waals surface area contributed by atoms with Crippen molar-refractivity contribution in [2.75, 3.05) is 0 Å². The molecule has 2 saturated carbocycles. The number of rotatable bonds is 0. The summed E-state index contributed by atoms with van der Waals surface area (Å²) in [5.41, 5.74) is 1.39. The van der Waals surface area contributed by atoms with Crippen molar-refractivity contribution in [1.29, 1.82) is 0 Å². The van der Waals surface area contributed by atoms with Gasteiger partial charge in [0.1, 0.15) is 0 Å². The van der Waals surface area contributed by atoms with Crippen molar-refractivity contribution in [3.05, 3.63) is 0 Å². The van der Waals surface area contributed by atoms with E-state index in [4.69, 9.17) is 0 Å². The van der Waals surface area contributed by atoms with Crippen LogP contribution in [0.4, 0.5) is 0 Å². The van der Waals surface area contributed by atoms with Gasteiger partial charge in [-0.2, -0.15) is 0 Å². The molecule has 0 nitrogen and oxygen atoms in total. The van der Waals surface area contributed by atoms with Gasteiger partial charge in [-0.1, -0.05) is 46.0 Å². The maximum Gasteiger partial charge on any atom is -0.0272 e. The highest BCUT2D eigenvalue weighted by molar-refractivity contribution is 4.96. The van der Waals surface area contributed by atoms with Crippen LogP contribution in [-0.2, 0) is 0 Å². The molecule has 2 atom stereocenters. The first-order valence-electron chi connectivity index (χ1n) is 6.16. The molecule has 0 radical (unpaired) electrons. The van der Waals surface area contributed by atoms with Crippen molar-refractivity contribution in [1.82, 2.24) is 0 Å². The molecule has 13 heavy (non-hydrogen) atoms. The Morgan fingerprint density at radius 1 is 0.538 bits per heavy atom. The minimum Gasteiger partial charge on any atom is -0.0591 e. The Labute approximate surface area is 83.1 Å². The summed E-state index contributed by atoms with van der Waals surface area (Å²) in [6.45, 7) is 5.13. The van der Waals surface area contributed by atoms with Crippen LogP contribution < -0.4 is 0 Å². The molecule has 0 aromatic heterocycles. The fourth-order valence-electron chi connectivity index (χ4n) is 3.69. The van der Waals surface area contributed by atoms with Gasteiger partial charge in [-0.3, -0.25) is 0 Å². The van der Waals surface area contributed by atoms with Crippen molar-refractivity contribution in [2.24, 2.45) is 10.8 Å². The summed E-state index contributed by atoms with van der Waals surface area (Å²) >= 11 is 0. The van der Waals surface area contributed by atoms with Gasteiger partial charge in [-0.25, -0.2) is 0 Å². The Morgan fingerprint density at radius 2 is 0.846 bits per heavy atom. The van der Waals surface area contributed by atoms with Gasteiger partial charge in [0.05, 0.1) is 0 Å². The van der Waals surface area contributed by atoms with Crippen LogP contribution in [0, 0.1) is 10.8 Å². The van der Waals surface area contributed by atoms with Gasteiger partial charge in [-0.15, -0.1) is 0 Å². The number of hydrogen-bond acceptors (Lipinski definition) is 0. The molecule has 0 N–H and O–H groups in total. The quantitative estimate of drug-likeness (QED) is 0.513. The van der Waals surface area contributed by atoms with Crippen LogP contribution in [0.1, 0.15) is 71.6 Å². The second kappa shape index (κ2) is 3.29. The first kappa shape index (κ1) is 9.55. The maximum atomic E-state index is 2.57. The summed E-state index contributed by atoms with van der Waals surface area (Å²) in [7, 11) is 0. The summed E-state index contributed by atoms with van der Waals surface area (Å²) in [4.78, 5) is 0. The zero-order valence-corrected chi connectivity index (χ0v) is 9.36. The molecule has 0 amide bonds. The summed E-state index contributed by atoms with van der Waals surface area (Å²) in [6, 6.07) is 0. The lowest BCUT2D eigenvalue weighted by atomic mass is 9.55. The van der Waals surface area contributed by atoms with Gasteiger partial charge >= 0.3 is 0 Å². The molecule has 0 bridgehead atoms. The van der Waals surface area contributed by atoms with E-state index in [-0.39, 0.29) is 0 Å². The largest absolute Gasteiger partial charge is 0.0591 e. The average molecular weight is 180 g/mol. The van der Waals surface area contributed by atoms with Crippen LogP contribution in [0.2, 0.25) is 0 Å². The molecule has 2 fully saturated rings. The normalized spacial score (nSPS) is 46.6. The molecular weight excluding hydrogens is 156 g/mol. The molecule has 76 valence electrons. The minimum atomic E-state index is 0.696. The van der Waals surface area contributed by atoms with E-state index >= 15 is 0 Å². The van der Waals surface area contributed by atoms with Gasteiger partial charge in [0.25, 0.3) is 0 Å². The summed E-state index contributed by atoms with van der Waals surface area (Å²) in [6.07, 6.45) is 13.5. The predicted molar refractivity (Wildman–Crippen MR) is 57.8 cm³/mol. The minimum absolute atomic E-state index is 0.696. The van der Waals surface area contributed by atoms with Gasteiger partial charge in [0.2, 0.25) is 0 Å². The highest BCUT2D eigenvalue weighted by Gasteiger charge is 2.45. The topological polar surface area (TPSA) is 0 Å². The summed E-state index contributed by atoms with van der Waals surface area (Å²) < 4.78 is 0. The van der Waals surface area contributed by atoms with E-state index in [1.807, 2.05) is 0 Å². The maximum absolute atomic E-state index is 2.57. The lowest BCUT2D eigenvalue weighted by molar-refractivity contribution is 0.00896. The molecule has 2 aliphatic carbocycles. The van der Waals surface area contributed by atoms with Crippen LogP contribution >= 0.6 is 0 Å². The highest BCUT2D eigenvalue weighted by Crippen LogP contribution is 2.57. The molecule has 0 aromatic carbocycles. The zero-order chi connectivity index (χ0) is 9.36. The summed E-state index contributed by atoms with van der Waals surface area (Å²) in [5.74, 6) is 0. The Morgan fingerprint density at radius 3 is 1.23 bits per heavy atom. The second-order valence-corrected chi connectivity index (χ2v) is 5.89. The van der Waals surface area contributed by atoms with E-state index < -0.39 is 0 Å². The lowest BCUT2D eigenvalue weighted by Crippen LogP contribution is -2.39. The van der Waals surface area contributed by atoms with Crippen LogP contribution in [-0.4, -0.2) is 0 Å². The molecular formula is C13H24. The fourth-order valence-corrected chi connectivity index (χ4v) is 3.69. The van der Waals surface area contributed by atoms with Gasteiger partial charge in [0.15, 0.2) is 0 Å². The molecule has 0 unspecified atom stereocenters. The smallest absolute Gasteiger partial charge is 0.0272 e. The molecule has 0 saturated heterocycles. The molecule has 0 heterocycles. The number of hydrogen-bond donors (Lipinski definition) is 0. The average Bonchev–Trinajstić information content (AvgIpc) is 2.24. The third-order valence-corrected chi connectivity index (χ3v) is 5.12. The Balaban J connectivity index is 2.21. The molecule has 0 aromatic rings. The Hall–Kier alpha value is 0. The molecule has 0 heteroatoms. The summed E-state index contributed by atoms with van der Waals surface area (Å²) in [5, 5.41) is 0. The van der Waals surface area contributed by atoms with E-state index in [1.165, 1.54) is 57.8 Å². The molecule has 0 spiro atoms. The van der Waals surface area contributed by atoms with E-state index in [0.717, 1.165) is 0 Å². The van der Waals surface area contributed by atoms with Crippen molar-refractivity contribution < 1.29 is 0 Å². The monoisotopic (exact) mass is 180 g/mol. The van der Waals surface area contributed by atoms with Crippen molar-refractivity contribution >= 4 is 0 Å². The van der Waals surface area contributed by atoms with E-state index in [2.05, 4.69) is 13.8 Å². The van der Waals surface area contributed by atoms with Crippen LogP contribution in [0.15, 0.2) is 0 Å². The predicted octanol–water partition coefficient (Wildman–Crippen LogP) is 4.54. The standard InChI is InChI=1S/C13H24/c1-12-8-4-3-5-9-13(12,2)11-7-6-10-12/h3-11H2,1-2H3/t12-,13+. The third kappa shape index (κ3) is 1.53. The second-order valence-electron chi connectivity index (χ2n) is 5.89. The first-order chi connectivity index (χ1) is 6.16. The Bertz CT molecular complexity index is 164. The van der Waals surface area contributed by atoms with Crippen molar-refractivity contribution in [3.63, 3.8) is 0 Å².